The van der Waals surface area contributed by atoms with E-state index in [-0.39, 0.29) is 17.8 Å². The van der Waals surface area contributed by atoms with Crippen LogP contribution in [0.25, 0.3) is 10.2 Å². The molecule has 0 spiro atoms. The van der Waals surface area contributed by atoms with Gasteiger partial charge in [-0.2, -0.15) is 0 Å². The highest BCUT2D eigenvalue weighted by Crippen LogP contribution is 2.34. The monoisotopic (exact) mass is 397 g/mol. The van der Waals surface area contributed by atoms with Crippen molar-refractivity contribution in [2.45, 2.75) is 32.0 Å². The molecule has 2 aliphatic heterocycles. The number of hydrogen-bond donors (Lipinski definition) is 0. The number of likely N-dealkylation sites (tertiary alicyclic amines) is 2. The third kappa shape index (κ3) is 3.14. The summed E-state index contributed by atoms with van der Waals surface area (Å²) in [6.07, 6.45) is 0.986. The summed E-state index contributed by atoms with van der Waals surface area (Å²) < 4.78 is 21.5. The van der Waals surface area contributed by atoms with Gasteiger partial charge in [0.2, 0.25) is 5.91 Å². The topological polar surface area (TPSA) is 45.7 Å². The van der Waals surface area contributed by atoms with E-state index in [1.54, 1.807) is 19.1 Å². The predicted octanol–water partition coefficient (Wildman–Crippen LogP) is 4.03. The standard InChI is InChI=1S/C21H20FN3O2S/c1-13(26)25-12-15-8-16(25)11-24(15)10-14-6-7-17(9-18(14)22)27-21-23-19-4-2-3-5-20(19)28-21/h2-7,9,15-16H,8,10-12H2,1H3/t15-,16-/m0/s1. The first-order chi connectivity index (χ1) is 13.6. The number of fused-ring (bicyclic) bond motifs is 3. The van der Waals surface area contributed by atoms with Gasteiger partial charge in [-0.15, -0.1) is 0 Å². The van der Waals surface area contributed by atoms with E-state index in [1.165, 1.54) is 17.4 Å². The number of para-hydroxylation sites is 1. The van der Waals surface area contributed by atoms with Gasteiger partial charge in [-0.05, 0) is 24.6 Å². The largest absolute Gasteiger partial charge is 0.431 e. The van der Waals surface area contributed by atoms with E-state index in [0.717, 1.165) is 29.7 Å². The fourth-order valence-electron chi connectivity index (χ4n) is 4.26. The summed E-state index contributed by atoms with van der Waals surface area (Å²) >= 11 is 1.44. The Morgan fingerprint density at radius 1 is 1.25 bits per heavy atom. The molecule has 3 aromatic rings. The summed E-state index contributed by atoms with van der Waals surface area (Å²) in [6, 6.07) is 13.4. The lowest BCUT2D eigenvalue weighted by atomic mass is 10.1. The van der Waals surface area contributed by atoms with Gasteiger partial charge in [0.05, 0.1) is 10.2 Å². The van der Waals surface area contributed by atoms with Crippen molar-refractivity contribution in [2.24, 2.45) is 0 Å². The highest BCUT2D eigenvalue weighted by molar-refractivity contribution is 7.20. The number of hydrogen-bond acceptors (Lipinski definition) is 5. The van der Waals surface area contributed by atoms with Crippen LogP contribution in [-0.4, -0.2) is 45.9 Å². The second-order valence-electron chi connectivity index (χ2n) is 7.45. The fourth-order valence-corrected chi connectivity index (χ4v) is 5.10. The van der Waals surface area contributed by atoms with Gasteiger partial charge >= 0.3 is 0 Å². The number of piperazine rings is 1. The van der Waals surface area contributed by atoms with Crippen molar-refractivity contribution < 1.29 is 13.9 Å². The van der Waals surface area contributed by atoms with E-state index < -0.39 is 0 Å². The summed E-state index contributed by atoms with van der Waals surface area (Å²) in [4.78, 5) is 20.3. The Balaban J connectivity index is 1.27. The summed E-state index contributed by atoms with van der Waals surface area (Å²) in [5, 5.41) is 0.509. The zero-order valence-electron chi connectivity index (χ0n) is 15.5. The molecule has 2 aromatic carbocycles. The first-order valence-corrected chi connectivity index (χ1v) is 10.2. The SMILES string of the molecule is CC(=O)N1C[C@@H]2C[C@H]1CN2Cc1ccc(Oc2nc3ccccc3s2)cc1F. The molecule has 5 rings (SSSR count). The van der Waals surface area contributed by atoms with Crippen LogP contribution < -0.4 is 4.74 Å². The van der Waals surface area contributed by atoms with Crippen LogP contribution in [0.4, 0.5) is 4.39 Å². The van der Waals surface area contributed by atoms with Gasteiger partial charge in [0.15, 0.2) is 0 Å². The van der Waals surface area contributed by atoms with Crippen LogP contribution >= 0.6 is 11.3 Å². The maximum Gasteiger partial charge on any atom is 0.279 e. The van der Waals surface area contributed by atoms with Crippen LogP contribution in [-0.2, 0) is 11.3 Å². The van der Waals surface area contributed by atoms with Crippen molar-refractivity contribution in [1.82, 2.24) is 14.8 Å². The van der Waals surface area contributed by atoms with Gasteiger partial charge in [-0.25, -0.2) is 9.37 Å². The van der Waals surface area contributed by atoms with Crippen LogP contribution in [0.15, 0.2) is 42.5 Å². The number of nitrogens with zero attached hydrogens (tertiary/aromatic N) is 3. The fraction of sp³-hybridized carbons (Fsp3) is 0.333. The number of benzene rings is 2. The summed E-state index contributed by atoms with van der Waals surface area (Å²) in [7, 11) is 0. The van der Waals surface area contributed by atoms with Crippen molar-refractivity contribution in [1.29, 1.82) is 0 Å². The molecule has 2 fully saturated rings. The predicted molar refractivity (Wildman–Crippen MR) is 106 cm³/mol. The second-order valence-corrected chi connectivity index (χ2v) is 8.44. The van der Waals surface area contributed by atoms with Crippen LogP contribution in [0.5, 0.6) is 10.9 Å². The smallest absolute Gasteiger partial charge is 0.279 e. The molecule has 2 bridgehead atoms. The highest BCUT2D eigenvalue weighted by Gasteiger charge is 2.44. The van der Waals surface area contributed by atoms with E-state index in [1.807, 2.05) is 29.2 Å². The number of rotatable bonds is 4. The maximum absolute atomic E-state index is 14.7. The molecule has 0 aliphatic carbocycles. The maximum atomic E-state index is 14.7. The first kappa shape index (κ1) is 17.6. The van der Waals surface area contributed by atoms with Crippen LogP contribution in [0.3, 0.4) is 0 Å². The Hall–Kier alpha value is -2.51. The normalized spacial score (nSPS) is 21.6. The lowest BCUT2D eigenvalue weighted by Gasteiger charge is -2.33. The average Bonchev–Trinajstić information content (AvgIpc) is 3.36. The van der Waals surface area contributed by atoms with Crippen molar-refractivity contribution in [3.05, 3.63) is 53.8 Å². The first-order valence-electron chi connectivity index (χ1n) is 9.40. The Labute approximate surface area is 166 Å². The summed E-state index contributed by atoms with van der Waals surface area (Å²) in [5.74, 6) is 0.311. The Kier molecular flexibility index (Phi) is 4.29. The highest BCUT2D eigenvalue weighted by atomic mass is 32.1. The van der Waals surface area contributed by atoms with Crippen LogP contribution in [0.2, 0.25) is 0 Å². The molecule has 2 aliphatic rings. The Bertz CT molecular complexity index is 1020. The molecule has 28 heavy (non-hydrogen) atoms. The molecular formula is C21H20FN3O2S. The number of ether oxygens (including phenoxy) is 1. The van der Waals surface area contributed by atoms with Crippen molar-refractivity contribution in [2.75, 3.05) is 13.1 Å². The number of amides is 1. The number of thiazole rings is 1. The zero-order valence-corrected chi connectivity index (χ0v) is 16.3. The van der Waals surface area contributed by atoms with E-state index >= 15 is 0 Å². The van der Waals surface area contributed by atoms with Gasteiger partial charge in [0.1, 0.15) is 11.6 Å². The minimum atomic E-state index is -0.273. The molecule has 2 atom stereocenters. The van der Waals surface area contributed by atoms with Crippen LogP contribution in [0.1, 0.15) is 18.9 Å². The molecule has 2 saturated heterocycles. The molecule has 7 heteroatoms. The molecular weight excluding hydrogens is 377 g/mol. The number of halogens is 1. The Morgan fingerprint density at radius 3 is 2.82 bits per heavy atom. The van der Waals surface area contributed by atoms with Gasteiger partial charge in [-0.1, -0.05) is 29.5 Å². The second kappa shape index (κ2) is 6.83. The Morgan fingerprint density at radius 2 is 2.11 bits per heavy atom. The molecule has 1 amide bonds. The molecule has 3 heterocycles. The minimum absolute atomic E-state index is 0.134. The van der Waals surface area contributed by atoms with Gasteiger partial charge in [0.25, 0.3) is 5.19 Å². The molecule has 144 valence electrons. The molecule has 0 radical (unpaired) electrons. The third-order valence-corrected chi connectivity index (χ3v) is 6.55. The number of carbonyl (C=O) groups is 1. The number of carbonyl (C=O) groups excluding carboxylic acids is 1. The lowest BCUT2D eigenvalue weighted by Crippen LogP contribution is -2.47. The summed E-state index contributed by atoms with van der Waals surface area (Å²) in [6.45, 7) is 3.74. The van der Waals surface area contributed by atoms with Gasteiger partial charge < -0.3 is 9.64 Å². The van der Waals surface area contributed by atoms with E-state index in [2.05, 4.69) is 9.88 Å². The quantitative estimate of drug-likeness (QED) is 0.667. The average molecular weight is 397 g/mol. The minimum Gasteiger partial charge on any atom is -0.431 e. The third-order valence-electron chi connectivity index (χ3n) is 5.64. The summed E-state index contributed by atoms with van der Waals surface area (Å²) in [5.41, 5.74) is 1.53. The van der Waals surface area contributed by atoms with Crippen molar-refractivity contribution >= 4 is 27.5 Å². The van der Waals surface area contributed by atoms with Gasteiger partial charge in [0, 0.05) is 50.3 Å². The van der Waals surface area contributed by atoms with Crippen molar-refractivity contribution in [3.8, 4) is 10.9 Å². The molecule has 0 N–H and O–H groups in total. The molecule has 1 aromatic heterocycles. The molecule has 5 nitrogen and oxygen atoms in total. The van der Waals surface area contributed by atoms with E-state index in [4.69, 9.17) is 4.74 Å². The van der Waals surface area contributed by atoms with Crippen molar-refractivity contribution in [3.63, 3.8) is 0 Å². The van der Waals surface area contributed by atoms with E-state index in [0.29, 0.717) is 29.1 Å². The van der Waals surface area contributed by atoms with Crippen LogP contribution in [0, 0.1) is 5.82 Å². The number of aromatic nitrogens is 1. The molecule has 0 saturated carbocycles. The lowest BCUT2D eigenvalue weighted by molar-refractivity contribution is -0.131. The van der Waals surface area contributed by atoms with E-state index in [9.17, 15) is 9.18 Å². The zero-order chi connectivity index (χ0) is 19.3. The molecule has 0 unspecified atom stereocenters. The van der Waals surface area contributed by atoms with Gasteiger partial charge in [-0.3, -0.25) is 9.69 Å².